The molecule has 42 heavy (non-hydrogen) atoms. The van der Waals surface area contributed by atoms with Crippen molar-refractivity contribution in [2.75, 3.05) is 57.9 Å². The van der Waals surface area contributed by atoms with Crippen LogP contribution in [0.1, 0.15) is 42.4 Å². The van der Waals surface area contributed by atoms with Gasteiger partial charge in [0, 0.05) is 56.6 Å². The zero-order valence-electron chi connectivity index (χ0n) is 24.6. The lowest BCUT2D eigenvalue weighted by Crippen LogP contribution is -2.52. The summed E-state index contributed by atoms with van der Waals surface area (Å²) in [5.74, 6) is -0.186. The fourth-order valence-corrected chi connectivity index (χ4v) is 7.32. The van der Waals surface area contributed by atoms with Crippen LogP contribution in [0.15, 0.2) is 22.9 Å². The minimum atomic E-state index is -0.972. The lowest BCUT2D eigenvalue weighted by molar-refractivity contribution is -0.142. The third-order valence-electron chi connectivity index (χ3n) is 8.87. The summed E-state index contributed by atoms with van der Waals surface area (Å²) in [5.41, 5.74) is 10.2. The van der Waals surface area contributed by atoms with Gasteiger partial charge in [-0.2, -0.15) is 0 Å². The number of hydrogen-bond donors (Lipinski definition) is 2. The summed E-state index contributed by atoms with van der Waals surface area (Å²) in [4.78, 5) is 47.6. The van der Waals surface area contributed by atoms with Crippen LogP contribution in [0, 0.1) is 6.92 Å². The molecule has 0 saturated carbocycles. The molecule has 10 nitrogen and oxygen atoms in total. The maximum Gasteiger partial charge on any atom is 0.410 e. The van der Waals surface area contributed by atoms with Crippen molar-refractivity contribution in [2.24, 2.45) is 0 Å². The quantitative estimate of drug-likeness (QED) is 0.464. The number of aryl methyl sites for hydroxylation is 1. The highest BCUT2D eigenvalue weighted by molar-refractivity contribution is 7.08. The molecule has 12 heteroatoms. The molecule has 3 aliphatic heterocycles. The topological polar surface area (TPSA) is 111 Å². The van der Waals surface area contributed by atoms with E-state index in [1.165, 1.54) is 0 Å². The van der Waals surface area contributed by atoms with E-state index < -0.39 is 12.2 Å². The van der Waals surface area contributed by atoms with Crippen molar-refractivity contribution in [3.05, 3.63) is 44.6 Å². The van der Waals surface area contributed by atoms with E-state index in [9.17, 15) is 14.4 Å². The number of halogens is 1. The van der Waals surface area contributed by atoms with Crippen LogP contribution in [0.25, 0.3) is 0 Å². The number of nitrogen functional groups attached to an aromatic ring is 1. The maximum atomic E-state index is 13.7. The van der Waals surface area contributed by atoms with Crippen molar-refractivity contribution in [3.63, 3.8) is 0 Å². The van der Waals surface area contributed by atoms with Crippen LogP contribution in [0.4, 0.5) is 21.0 Å². The first-order chi connectivity index (χ1) is 20.1. The van der Waals surface area contributed by atoms with E-state index >= 15 is 0 Å². The molecule has 0 unspecified atom stereocenters. The van der Waals surface area contributed by atoms with E-state index in [2.05, 4.69) is 29.7 Å². The van der Waals surface area contributed by atoms with Gasteiger partial charge in [-0.25, -0.2) is 9.59 Å². The Labute approximate surface area is 256 Å². The number of anilines is 2. The van der Waals surface area contributed by atoms with Gasteiger partial charge in [0.15, 0.2) is 6.10 Å². The van der Waals surface area contributed by atoms with Gasteiger partial charge in [0.1, 0.15) is 0 Å². The second kappa shape index (κ2) is 13.1. The van der Waals surface area contributed by atoms with E-state index in [-0.39, 0.29) is 24.4 Å². The van der Waals surface area contributed by atoms with Gasteiger partial charge in [0.2, 0.25) is 0 Å². The Balaban J connectivity index is 1.23. The number of nitrogens with zero attached hydrogens (tertiary/aromatic N) is 4. The number of thiophene rings is 1. The summed E-state index contributed by atoms with van der Waals surface area (Å²) in [5, 5.41) is 7.50. The van der Waals surface area contributed by atoms with Crippen molar-refractivity contribution < 1.29 is 19.1 Å². The summed E-state index contributed by atoms with van der Waals surface area (Å²) < 4.78 is 5.97. The van der Waals surface area contributed by atoms with Gasteiger partial charge in [-0.1, -0.05) is 17.7 Å². The summed E-state index contributed by atoms with van der Waals surface area (Å²) in [6, 6.07) is 4.01. The molecule has 3 aliphatic rings. The minimum Gasteiger partial charge on any atom is -0.436 e. The lowest BCUT2D eigenvalue weighted by Gasteiger charge is -2.39. The molecule has 0 spiro atoms. The first-order valence-corrected chi connectivity index (χ1v) is 16.0. The molecule has 2 aromatic rings. The number of likely N-dealkylation sites (tertiary alicyclic amines) is 2. The molecule has 4 amide bonds. The number of urea groups is 1. The van der Waals surface area contributed by atoms with Gasteiger partial charge < -0.3 is 35.4 Å². The van der Waals surface area contributed by atoms with Crippen molar-refractivity contribution in [3.8, 4) is 0 Å². The van der Waals surface area contributed by atoms with Crippen LogP contribution in [-0.4, -0.2) is 103 Å². The highest BCUT2D eigenvalue weighted by atomic mass is 35.5. The van der Waals surface area contributed by atoms with Gasteiger partial charge in [-0.3, -0.25) is 4.79 Å². The Morgan fingerprint density at radius 1 is 1.10 bits per heavy atom. The number of carbonyl (C=O) groups is 3. The van der Waals surface area contributed by atoms with Crippen LogP contribution < -0.4 is 11.1 Å². The fraction of sp³-hybridized carbons (Fsp3) is 0.567. The Hall–Kier alpha value is -3.02. The smallest absolute Gasteiger partial charge is 0.410 e. The van der Waals surface area contributed by atoms with E-state index in [1.807, 2.05) is 28.2 Å². The molecule has 0 bridgehead atoms. The van der Waals surface area contributed by atoms with Gasteiger partial charge in [-0.15, -0.1) is 11.3 Å². The number of hydrogen-bond acceptors (Lipinski definition) is 7. The molecule has 2 fully saturated rings. The minimum absolute atomic E-state index is 0.0389. The monoisotopic (exact) mass is 616 g/mol. The second-order valence-electron chi connectivity index (χ2n) is 11.8. The SMILES string of the molecule is Cc1cc(C[C@@H](OC(=O)N2CCC(N3CCc4cscc4NC3=O)CC2)C(=O)N2CCC(N(C)C)CC2)cc(Cl)c1N. The second-order valence-corrected chi connectivity index (χ2v) is 13.0. The zero-order chi connectivity index (χ0) is 30.0. The Morgan fingerprint density at radius 3 is 2.45 bits per heavy atom. The highest BCUT2D eigenvalue weighted by Crippen LogP contribution is 2.29. The molecule has 3 N–H and O–H groups in total. The standard InChI is InChI=1S/C30H41ClN6O4S/c1-19-14-20(15-24(31)27(19)32)16-26(28(38)35-9-5-22(6-10-35)34(2)3)41-30(40)36-11-7-23(8-12-36)37-13-4-21-17-42-18-25(21)33-29(37)39/h14-15,17-18,22-23,26H,4-13,16,32H2,1-3H3,(H,33,39)/t26-/m1/s1. The number of amides is 4. The first-order valence-electron chi connectivity index (χ1n) is 14.7. The normalized spacial score (nSPS) is 19.4. The van der Waals surface area contributed by atoms with Crippen molar-refractivity contribution in [2.45, 2.75) is 63.6 Å². The van der Waals surface area contributed by atoms with Crippen LogP contribution >= 0.6 is 22.9 Å². The average molecular weight is 617 g/mol. The number of rotatable bonds is 6. The summed E-state index contributed by atoms with van der Waals surface area (Å²) in [6.07, 6.45) is 2.60. The lowest BCUT2D eigenvalue weighted by atomic mass is 10.0. The predicted octanol–water partition coefficient (Wildman–Crippen LogP) is 4.45. The van der Waals surface area contributed by atoms with E-state index in [1.54, 1.807) is 22.3 Å². The molecule has 2 saturated heterocycles. The van der Waals surface area contributed by atoms with E-state index in [4.69, 9.17) is 22.1 Å². The van der Waals surface area contributed by atoms with Crippen LogP contribution in [-0.2, 0) is 22.4 Å². The van der Waals surface area contributed by atoms with Crippen LogP contribution in [0.5, 0.6) is 0 Å². The molecule has 5 rings (SSSR count). The molecule has 4 heterocycles. The van der Waals surface area contributed by atoms with E-state index in [0.717, 1.165) is 41.6 Å². The van der Waals surface area contributed by atoms with Crippen molar-refractivity contribution in [1.82, 2.24) is 19.6 Å². The molecular weight excluding hydrogens is 576 g/mol. The number of benzene rings is 1. The molecule has 0 radical (unpaired) electrons. The number of fused-ring (bicyclic) bond motifs is 1. The average Bonchev–Trinajstić information content (AvgIpc) is 3.35. The number of ether oxygens (including phenoxy) is 1. The summed E-state index contributed by atoms with van der Waals surface area (Å²) in [6.45, 7) is 4.66. The number of piperidine rings is 2. The summed E-state index contributed by atoms with van der Waals surface area (Å²) >= 11 is 7.94. The van der Waals surface area contributed by atoms with E-state index in [0.29, 0.717) is 62.3 Å². The molecule has 0 aliphatic carbocycles. The third kappa shape index (κ3) is 6.79. The zero-order valence-corrected chi connectivity index (χ0v) is 26.2. The number of nitrogens with two attached hydrogens (primary N) is 1. The third-order valence-corrected chi connectivity index (χ3v) is 9.98. The Bertz CT molecular complexity index is 1280. The van der Waals surface area contributed by atoms with Gasteiger partial charge in [-0.05, 0) is 81.3 Å². The van der Waals surface area contributed by atoms with Crippen molar-refractivity contribution in [1.29, 1.82) is 0 Å². The van der Waals surface area contributed by atoms with Crippen molar-refractivity contribution >= 4 is 52.3 Å². The molecular formula is C30H41ClN6O4S. The molecule has 228 valence electrons. The largest absolute Gasteiger partial charge is 0.436 e. The van der Waals surface area contributed by atoms with Gasteiger partial charge in [0.05, 0.1) is 16.4 Å². The maximum absolute atomic E-state index is 13.7. The molecule has 1 aromatic heterocycles. The van der Waals surface area contributed by atoms with Gasteiger partial charge in [0.25, 0.3) is 5.91 Å². The molecule has 1 aromatic carbocycles. The summed E-state index contributed by atoms with van der Waals surface area (Å²) in [7, 11) is 4.11. The fourth-order valence-electron chi connectivity index (χ4n) is 6.20. The predicted molar refractivity (Wildman–Crippen MR) is 166 cm³/mol. The number of carbonyl (C=O) groups excluding carboxylic acids is 3. The molecule has 1 atom stereocenters. The highest BCUT2D eigenvalue weighted by Gasteiger charge is 2.36. The van der Waals surface area contributed by atoms with Crippen LogP contribution in [0.3, 0.4) is 0 Å². The first kappa shape index (κ1) is 30.4. The Kier molecular flexibility index (Phi) is 9.49. The number of nitrogens with one attached hydrogen (secondary N) is 1. The van der Waals surface area contributed by atoms with Crippen LogP contribution in [0.2, 0.25) is 5.02 Å². The Morgan fingerprint density at radius 2 is 1.79 bits per heavy atom. The van der Waals surface area contributed by atoms with Gasteiger partial charge >= 0.3 is 12.1 Å².